The number of alkyl halides is 2. The predicted molar refractivity (Wildman–Crippen MR) is 161 cm³/mol. The van der Waals surface area contributed by atoms with E-state index in [9.17, 15) is 18.4 Å². The Morgan fingerprint density at radius 2 is 1.67 bits per heavy atom. The summed E-state index contributed by atoms with van der Waals surface area (Å²) in [6.07, 6.45) is 8.31. The molecule has 1 fully saturated rings. The Morgan fingerprint density at radius 3 is 2.24 bits per heavy atom. The number of carboxylic acids is 1. The molecule has 2 aromatic rings. The van der Waals surface area contributed by atoms with Gasteiger partial charge in [0.1, 0.15) is 11.9 Å². The Hall–Kier alpha value is -3.62. The van der Waals surface area contributed by atoms with Crippen LogP contribution in [0.4, 0.5) is 20.2 Å². The first kappa shape index (κ1) is 32.9. The van der Waals surface area contributed by atoms with Crippen molar-refractivity contribution in [3.05, 3.63) is 59.2 Å². The Kier molecular flexibility index (Phi) is 12.2. The minimum Gasteiger partial charge on any atom is -0.478 e. The SMILES string of the molecule is CCCCCCC1CCC(C(F)(F)Oc2ccc(C=CC(=O)OC(CC)Cc3c(N)cc(C(=O)O)cc3N)cc2)CC1. The zero-order valence-electron chi connectivity index (χ0n) is 24.6. The van der Waals surface area contributed by atoms with Gasteiger partial charge in [0, 0.05) is 29.4 Å². The second-order valence-corrected chi connectivity index (χ2v) is 11.2. The molecule has 0 aromatic heterocycles. The van der Waals surface area contributed by atoms with Gasteiger partial charge in [0.15, 0.2) is 0 Å². The molecule has 0 spiro atoms. The summed E-state index contributed by atoms with van der Waals surface area (Å²) in [7, 11) is 0. The normalized spacial score (nSPS) is 18.1. The largest absolute Gasteiger partial charge is 0.478 e. The van der Waals surface area contributed by atoms with Gasteiger partial charge >= 0.3 is 18.0 Å². The second-order valence-electron chi connectivity index (χ2n) is 11.2. The fourth-order valence-corrected chi connectivity index (χ4v) is 5.48. The summed E-state index contributed by atoms with van der Waals surface area (Å²) < 4.78 is 40.5. The van der Waals surface area contributed by atoms with Crippen LogP contribution in [0.15, 0.2) is 42.5 Å². The number of ether oxygens (including phenoxy) is 2. The highest BCUT2D eigenvalue weighted by molar-refractivity contribution is 5.91. The fourth-order valence-electron chi connectivity index (χ4n) is 5.48. The number of esters is 1. The van der Waals surface area contributed by atoms with Crippen LogP contribution in [0, 0.1) is 11.8 Å². The van der Waals surface area contributed by atoms with Gasteiger partial charge in [-0.1, -0.05) is 58.1 Å². The highest BCUT2D eigenvalue weighted by Gasteiger charge is 2.43. The molecule has 0 radical (unpaired) electrons. The summed E-state index contributed by atoms with van der Waals surface area (Å²) in [5.41, 5.74) is 13.6. The number of carboxylic acid groups (broad SMARTS) is 1. The quantitative estimate of drug-likeness (QED) is 0.0839. The number of unbranched alkanes of at least 4 members (excludes halogenated alkanes) is 3. The second kappa shape index (κ2) is 15.6. The van der Waals surface area contributed by atoms with Gasteiger partial charge in [0.05, 0.1) is 11.5 Å². The number of carbonyl (C=O) groups is 2. The molecular weight excluding hydrogens is 542 g/mol. The molecule has 1 unspecified atom stereocenters. The molecule has 42 heavy (non-hydrogen) atoms. The first-order chi connectivity index (χ1) is 20.0. The lowest BCUT2D eigenvalue weighted by molar-refractivity contribution is -0.223. The smallest absolute Gasteiger partial charge is 0.400 e. The third-order valence-electron chi connectivity index (χ3n) is 8.07. The van der Waals surface area contributed by atoms with Gasteiger partial charge in [-0.25, -0.2) is 9.59 Å². The van der Waals surface area contributed by atoms with E-state index >= 15 is 0 Å². The molecule has 0 amide bonds. The molecule has 3 rings (SSSR count). The number of carbonyl (C=O) groups excluding carboxylic acids is 1. The number of rotatable bonds is 15. The van der Waals surface area contributed by atoms with Crippen molar-refractivity contribution in [1.29, 1.82) is 0 Å². The van der Waals surface area contributed by atoms with E-state index in [1.165, 1.54) is 62.1 Å². The monoisotopic (exact) mass is 586 g/mol. The number of benzene rings is 2. The highest BCUT2D eigenvalue weighted by atomic mass is 19.3. The van der Waals surface area contributed by atoms with E-state index < -0.39 is 30.1 Å². The minimum atomic E-state index is -3.23. The molecule has 0 heterocycles. The number of anilines is 2. The Labute approximate surface area is 247 Å². The van der Waals surface area contributed by atoms with Crippen LogP contribution >= 0.6 is 0 Å². The van der Waals surface area contributed by atoms with E-state index in [4.69, 9.17) is 26.0 Å². The van der Waals surface area contributed by atoms with Gasteiger partial charge in [-0.2, -0.15) is 8.78 Å². The Bertz CT molecular complexity index is 1180. The molecule has 2 aromatic carbocycles. The molecule has 5 N–H and O–H groups in total. The predicted octanol–water partition coefficient (Wildman–Crippen LogP) is 7.88. The van der Waals surface area contributed by atoms with Crippen molar-refractivity contribution in [2.45, 2.75) is 96.7 Å². The number of aromatic carboxylic acids is 1. The lowest BCUT2D eigenvalue weighted by Gasteiger charge is -2.33. The van der Waals surface area contributed by atoms with Gasteiger partial charge in [-0.05, 0) is 73.9 Å². The van der Waals surface area contributed by atoms with Gasteiger partial charge in [0.2, 0.25) is 0 Å². The van der Waals surface area contributed by atoms with Gasteiger partial charge < -0.3 is 26.0 Å². The number of halogens is 2. The molecule has 0 saturated heterocycles. The van der Waals surface area contributed by atoms with Gasteiger partial charge in [0.25, 0.3) is 0 Å². The maximum atomic E-state index is 14.9. The summed E-state index contributed by atoms with van der Waals surface area (Å²) in [5.74, 6) is -1.89. The maximum absolute atomic E-state index is 14.9. The first-order valence-electron chi connectivity index (χ1n) is 15.0. The summed E-state index contributed by atoms with van der Waals surface area (Å²) in [6.45, 7) is 4.02. The summed E-state index contributed by atoms with van der Waals surface area (Å²) >= 11 is 0. The van der Waals surface area contributed by atoms with Crippen LogP contribution in [-0.4, -0.2) is 29.3 Å². The van der Waals surface area contributed by atoms with Crippen LogP contribution in [0.3, 0.4) is 0 Å². The first-order valence-corrected chi connectivity index (χ1v) is 15.0. The fraction of sp³-hybridized carbons (Fsp3) is 0.515. The number of hydrogen-bond acceptors (Lipinski definition) is 6. The molecule has 7 nitrogen and oxygen atoms in total. The van der Waals surface area contributed by atoms with E-state index in [-0.39, 0.29) is 29.1 Å². The van der Waals surface area contributed by atoms with Crippen molar-refractivity contribution in [2.24, 2.45) is 11.8 Å². The molecule has 0 bridgehead atoms. The molecule has 1 saturated carbocycles. The van der Waals surface area contributed by atoms with Crippen molar-refractivity contribution in [2.75, 3.05) is 11.5 Å². The van der Waals surface area contributed by atoms with Crippen molar-refractivity contribution in [3.63, 3.8) is 0 Å². The zero-order chi connectivity index (χ0) is 30.7. The standard InChI is InChI=1S/C33H44F2N2O5/c1-3-5-6-7-8-22-9-14-25(15-10-22)33(34,35)42-27-16-11-23(12-17-27)13-18-31(38)41-26(4-2)21-28-29(36)19-24(32(39)40)20-30(28)37/h11-13,16-20,22,25-26H,3-10,14-15,21,36-37H2,1-2H3,(H,39,40). The molecule has 1 aliphatic carbocycles. The van der Waals surface area contributed by atoms with Crippen LogP contribution in [0.1, 0.15) is 99.5 Å². The zero-order valence-corrected chi connectivity index (χ0v) is 24.6. The number of hydrogen-bond donors (Lipinski definition) is 3. The van der Waals surface area contributed by atoms with Gasteiger partial charge in [-0.3, -0.25) is 0 Å². The number of nitrogen functional groups attached to an aromatic ring is 2. The molecule has 0 aliphatic heterocycles. The van der Waals surface area contributed by atoms with Crippen molar-refractivity contribution >= 4 is 29.4 Å². The Morgan fingerprint density at radius 1 is 1.02 bits per heavy atom. The lowest BCUT2D eigenvalue weighted by atomic mass is 9.79. The Balaban J connectivity index is 1.49. The third-order valence-corrected chi connectivity index (χ3v) is 8.07. The van der Waals surface area contributed by atoms with E-state index in [2.05, 4.69) is 6.92 Å². The highest BCUT2D eigenvalue weighted by Crippen LogP contribution is 2.41. The van der Waals surface area contributed by atoms with Crippen molar-refractivity contribution in [3.8, 4) is 5.75 Å². The third kappa shape index (κ3) is 9.74. The molecule has 9 heteroatoms. The van der Waals surface area contributed by atoms with Crippen LogP contribution in [0.25, 0.3) is 6.08 Å². The van der Waals surface area contributed by atoms with E-state index in [0.717, 1.165) is 19.3 Å². The topological polar surface area (TPSA) is 125 Å². The van der Waals surface area contributed by atoms with E-state index in [1.54, 1.807) is 12.1 Å². The summed E-state index contributed by atoms with van der Waals surface area (Å²) in [6, 6.07) is 8.80. The van der Waals surface area contributed by atoms with Crippen molar-refractivity contribution in [1.82, 2.24) is 0 Å². The molecule has 1 aliphatic rings. The molecule has 230 valence electrons. The van der Waals surface area contributed by atoms with E-state index in [0.29, 0.717) is 36.3 Å². The van der Waals surface area contributed by atoms with Crippen LogP contribution < -0.4 is 16.2 Å². The van der Waals surface area contributed by atoms with Gasteiger partial charge in [-0.15, -0.1) is 0 Å². The minimum absolute atomic E-state index is 0.0162. The lowest BCUT2D eigenvalue weighted by Crippen LogP contribution is -2.37. The average molecular weight is 587 g/mol. The summed E-state index contributed by atoms with van der Waals surface area (Å²) in [4.78, 5) is 23.7. The summed E-state index contributed by atoms with van der Waals surface area (Å²) in [5, 5.41) is 9.16. The van der Waals surface area contributed by atoms with Crippen LogP contribution in [-0.2, 0) is 16.0 Å². The molecule has 1 atom stereocenters. The van der Waals surface area contributed by atoms with Crippen LogP contribution in [0.2, 0.25) is 0 Å². The average Bonchev–Trinajstić information content (AvgIpc) is 2.96. The maximum Gasteiger partial charge on any atom is 0.400 e. The van der Waals surface area contributed by atoms with E-state index in [1.807, 2.05) is 6.92 Å². The van der Waals surface area contributed by atoms with Crippen molar-refractivity contribution < 1.29 is 33.0 Å². The van der Waals surface area contributed by atoms with Crippen LogP contribution in [0.5, 0.6) is 5.75 Å². The number of nitrogens with two attached hydrogens (primary N) is 2. The molecular formula is C33H44F2N2O5.